The van der Waals surface area contributed by atoms with Gasteiger partial charge in [-0.3, -0.25) is 0 Å². The third-order valence-electron chi connectivity index (χ3n) is 2.88. The predicted molar refractivity (Wildman–Crippen MR) is 66.0 cm³/mol. The van der Waals surface area contributed by atoms with Crippen molar-refractivity contribution in [2.45, 2.75) is 46.2 Å². The Hall–Kier alpha value is -0.760. The van der Waals surface area contributed by atoms with E-state index in [2.05, 4.69) is 49.1 Å². The molecule has 1 aromatic heterocycles. The van der Waals surface area contributed by atoms with Crippen molar-refractivity contribution in [1.29, 1.82) is 0 Å². The smallest absolute Gasteiger partial charge is 0.0355 e. The van der Waals surface area contributed by atoms with E-state index in [-0.39, 0.29) is 0 Å². The lowest BCUT2D eigenvalue weighted by atomic mass is 9.99. The molecule has 1 atom stereocenters. The Morgan fingerprint density at radius 1 is 1.40 bits per heavy atom. The maximum Gasteiger partial charge on any atom is 0.0355 e. The van der Waals surface area contributed by atoms with Gasteiger partial charge in [0.15, 0.2) is 0 Å². The lowest BCUT2D eigenvalue weighted by molar-refractivity contribution is 0.442. The Labute approximate surface area is 93.7 Å². The average molecular weight is 208 g/mol. The van der Waals surface area contributed by atoms with Crippen molar-refractivity contribution in [1.82, 2.24) is 9.88 Å². The van der Waals surface area contributed by atoms with Gasteiger partial charge in [0, 0.05) is 25.0 Å². The highest BCUT2D eigenvalue weighted by Crippen LogP contribution is 2.21. The van der Waals surface area contributed by atoms with Crippen LogP contribution in [0.3, 0.4) is 0 Å². The van der Waals surface area contributed by atoms with Gasteiger partial charge in [-0.1, -0.05) is 27.2 Å². The summed E-state index contributed by atoms with van der Waals surface area (Å²) in [7, 11) is 2.04. The van der Waals surface area contributed by atoms with Crippen LogP contribution in [0.5, 0.6) is 0 Å². The molecule has 0 saturated heterocycles. The summed E-state index contributed by atoms with van der Waals surface area (Å²) in [5, 5.41) is 3.37. The molecule has 0 radical (unpaired) electrons. The molecule has 0 bridgehead atoms. The van der Waals surface area contributed by atoms with Gasteiger partial charge in [0.2, 0.25) is 0 Å². The molecule has 0 amide bonds. The van der Waals surface area contributed by atoms with Crippen LogP contribution in [0.1, 0.15) is 45.2 Å². The fraction of sp³-hybridized carbons (Fsp3) is 0.692. The van der Waals surface area contributed by atoms with Gasteiger partial charge in [-0.15, -0.1) is 0 Å². The quantitative estimate of drug-likeness (QED) is 0.759. The highest BCUT2D eigenvalue weighted by molar-refractivity contribution is 5.16. The van der Waals surface area contributed by atoms with Crippen LogP contribution in [0, 0.1) is 5.92 Å². The molecule has 1 unspecified atom stereocenters. The van der Waals surface area contributed by atoms with Crippen LogP contribution in [-0.2, 0) is 6.54 Å². The summed E-state index contributed by atoms with van der Waals surface area (Å²) in [4.78, 5) is 0. The van der Waals surface area contributed by atoms with Gasteiger partial charge in [-0.25, -0.2) is 0 Å². The number of hydrogen-bond acceptors (Lipinski definition) is 1. The second-order valence-electron chi connectivity index (χ2n) is 4.55. The Balaban J connectivity index is 2.65. The SMILES string of the molecule is CCCCn1ccc(C(NC)C(C)C)c1. The molecule has 1 N–H and O–H groups in total. The van der Waals surface area contributed by atoms with E-state index in [0.29, 0.717) is 12.0 Å². The van der Waals surface area contributed by atoms with E-state index in [0.717, 1.165) is 6.54 Å². The molecule has 1 aromatic rings. The third kappa shape index (κ3) is 3.38. The lowest BCUT2D eigenvalue weighted by Crippen LogP contribution is -2.21. The number of unbranched alkanes of at least 4 members (excludes halogenated alkanes) is 1. The van der Waals surface area contributed by atoms with Gasteiger partial charge in [-0.2, -0.15) is 0 Å². The van der Waals surface area contributed by atoms with Crippen LogP contribution in [0.25, 0.3) is 0 Å². The van der Waals surface area contributed by atoms with Crippen molar-refractivity contribution < 1.29 is 0 Å². The fourth-order valence-electron chi connectivity index (χ4n) is 2.01. The van der Waals surface area contributed by atoms with Crippen LogP contribution in [0.15, 0.2) is 18.5 Å². The monoisotopic (exact) mass is 208 g/mol. The van der Waals surface area contributed by atoms with Crippen LogP contribution >= 0.6 is 0 Å². The van der Waals surface area contributed by atoms with Crippen LogP contribution in [0.2, 0.25) is 0 Å². The van der Waals surface area contributed by atoms with Gasteiger partial charge in [0.05, 0.1) is 0 Å². The molecule has 1 rings (SSSR count). The lowest BCUT2D eigenvalue weighted by Gasteiger charge is -2.18. The van der Waals surface area contributed by atoms with Gasteiger partial charge in [0.1, 0.15) is 0 Å². The molecule has 2 heteroatoms. The van der Waals surface area contributed by atoms with E-state index in [4.69, 9.17) is 0 Å². The molecule has 0 aromatic carbocycles. The van der Waals surface area contributed by atoms with Crippen molar-refractivity contribution in [2.24, 2.45) is 5.92 Å². The van der Waals surface area contributed by atoms with Gasteiger partial charge < -0.3 is 9.88 Å². The molecule has 1 heterocycles. The zero-order valence-electron chi connectivity index (χ0n) is 10.5. The zero-order chi connectivity index (χ0) is 11.3. The normalized spacial score (nSPS) is 13.4. The molecule has 0 aliphatic carbocycles. The number of aryl methyl sites for hydroxylation is 1. The minimum atomic E-state index is 0.480. The first-order chi connectivity index (χ1) is 7.19. The van der Waals surface area contributed by atoms with Gasteiger partial charge >= 0.3 is 0 Å². The summed E-state index contributed by atoms with van der Waals surface area (Å²) in [5.74, 6) is 0.636. The summed E-state index contributed by atoms with van der Waals surface area (Å²) in [5.41, 5.74) is 1.41. The topological polar surface area (TPSA) is 17.0 Å². The van der Waals surface area contributed by atoms with E-state index in [1.165, 1.54) is 18.4 Å². The standard InChI is InChI=1S/C13H24N2/c1-5-6-8-15-9-7-12(10-15)13(14-4)11(2)3/h7,9-11,13-14H,5-6,8H2,1-4H3. The van der Waals surface area contributed by atoms with Crippen molar-refractivity contribution in [3.05, 3.63) is 24.0 Å². The number of nitrogens with one attached hydrogen (secondary N) is 1. The highest BCUT2D eigenvalue weighted by atomic mass is 15.0. The summed E-state index contributed by atoms with van der Waals surface area (Å²) in [6.07, 6.45) is 6.99. The molecule has 0 aliphatic heterocycles. The van der Waals surface area contributed by atoms with Crippen molar-refractivity contribution in [2.75, 3.05) is 7.05 Å². The first-order valence-corrected chi connectivity index (χ1v) is 6.02. The number of aromatic nitrogens is 1. The fourth-order valence-corrected chi connectivity index (χ4v) is 2.01. The molecule has 86 valence electrons. The number of hydrogen-bond donors (Lipinski definition) is 1. The van der Waals surface area contributed by atoms with E-state index in [9.17, 15) is 0 Å². The maximum absolute atomic E-state index is 3.37. The molecular weight excluding hydrogens is 184 g/mol. The molecule has 0 fully saturated rings. The zero-order valence-corrected chi connectivity index (χ0v) is 10.5. The van der Waals surface area contributed by atoms with Crippen molar-refractivity contribution >= 4 is 0 Å². The largest absolute Gasteiger partial charge is 0.354 e. The van der Waals surface area contributed by atoms with Crippen LogP contribution < -0.4 is 5.32 Å². The first-order valence-electron chi connectivity index (χ1n) is 6.02. The van der Waals surface area contributed by atoms with Crippen molar-refractivity contribution in [3.63, 3.8) is 0 Å². The minimum absolute atomic E-state index is 0.480. The van der Waals surface area contributed by atoms with Crippen molar-refractivity contribution in [3.8, 4) is 0 Å². The average Bonchev–Trinajstić information content (AvgIpc) is 2.64. The van der Waals surface area contributed by atoms with E-state index in [1.54, 1.807) is 0 Å². The summed E-state index contributed by atoms with van der Waals surface area (Å²) < 4.78 is 2.30. The number of nitrogens with zero attached hydrogens (tertiary/aromatic N) is 1. The third-order valence-corrected chi connectivity index (χ3v) is 2.88. The molecule has 0 aliphatic rings. The van der Waals surface area contributed by atoms with Crippen LogP contribution in [0.4, 0.5) is 0 Å². The van der Waals surface area contributed by atoms with E-state index < -0.39 is 0 Å². The molecule has 0 spiro atoms. The van der Waals surface area contributed by atoms with Gasteiger partial charge in [0.25, 0.3) is 0 Å². The molecule has 15 heavy (non-hydrogen) atoms. The Bertz CT molecular complexity index is 276. The Morgan fingerprint density at radius 2 is 2.13 bits per heavy atom. The highest BCUT2D eigenvalue weighted by Gasteiger charge is 2.13. The first kappa shape index (κ1) is 12.3. The number of rotatable bonds is 6. The summed E-state index contributed by atoms with van der Waals surface area (Å²) in [6.45, 7) is 7.88. The predicted octanol–water partition coefficient (Wildman–Crippen LogP) is 3.20. The Kier molecular flexibility index (Phi) is 4.89. The molecule has 2 nitrogen and oxygen atoms in total. The molecular formula is C13H24N2. The minimum Gasteiger partial charge on any atom is -0.354 e. The van der Waals surface area contributed by atoms with E-state index in [1.807, 2.05) is 7.05 Å². The van der Waals surface area contributed by atoms with Crippen LogP contribution in [-0.4, -0.2) is 11.6 Å². The molecule has 0 saturated carbocycles. The summed E-state index contributed by atoms with van der Waals surface area (Å²) >= 11 is 0. The van der Waals surface area contributed by atoms with E-state index >= 15 is 0 Å². The Morgan fingerprint density at radius 3 is 2.67 bits per heavy atom. The summed E-state index contributed by atoms with van der Waals surface area (Å²) in [6, 6.07) is 2.71. The van der Waals surface area contributed by atoms with Gasteiger partial charge in [-0.05, 0) is 31.0 Å². The second-order valence-corrected chi connectivity index (χ2v) is 4.55. The maximum atomic E-state index is 3.37. The second kappa shape index (κ2) is 5.96.